The summed E-state index contributed by atoms with van der Waals surface area (Å²) in [5, 5.41) is 7.47. The Bertz CT molecular complexity index is 1130. The molecule has 0 saturated heterocycles. The summed E-state index contributed by atoms with van der Waals surface area (Å²) in [6.45, 7) is 0.696. The molecule has 0 bridgehead atoms. The average Bonchev–Trinajstić information content (AvgIpc) is 2.82. The predicted octanol–water partition coefficient (Wildman–Crippen LogP) is 4.54. The minimum absolute atomic E-state index is 0. The number of nitrogens with two attached hydrogens (primary N) is 1. The molecular formula is C26H26ClN3O2. The number of nitrogens with zero attached hydrogens (tertiary/aromatic N) is 1. The van der Waals surface area contributed by atoms with Gasteiger partial charge in [0.15, 0.2) is 5.78 Å². The second-order valence-electron chi connectivity index (χ2n) is 7.80. The molecule has 32 heavy (non-hydrogen) atoms. The Morgan fingerprint density at radius 3 is 2.28 bits per heavy atom. The van der Waals surface area contributed by atoms with Crippen LogP contribution in [-0.4, -0.2) is 24.1 Å². The monoisotopic (exact) mass is 447 g/mol. The van der Waals surface area contributed by atoms with Crippen LogP contribution in [0.2, 0.25) is 0 Å². The fourth-order valence-corrected chi connectivity index (χ4v) is 3.99. The molecule has 0 spiro atoms. The zero-order valence-electron chi connectivity index (χ0n) is 17.7. The predicted molar refractivity (Wildman–Crippen MR) is 130 cm³/mol. The molecule has 5 nitrogen and oxygen atoms in total. The van der Waals surface area contributed by atoms with Crippen molar-refractivity contribution in [2.24, 2.45) is 5.73 Å². The van der Waals surface area contributed by atoms with Crippen LogP contribution < -0.4 is 10.6 Å². The van der Waals surface area contributed by atoms with Crippen molar-refractivity contribution in [2.45, 2.75) is 25.7 Å². The number of fused-ring (bicyclic) bond motifs is 1. The van der Waals surface area contributed by atoms with Gasteiger partial charge in [0.2, 0.25) is 5.91 Å². The number of halogens is 1. The second-order valence-corrected chi connectivity index (χ2v) is 7.80. The number of amidine groups is 1. The third-order valence-electron chi connectivity index (χ3n) is 5.69. The van der Waals surface area contributed by atoms with E-state index in [0.717, 1.165) is 29.7 Å². The summed E-state index contributed by atoms with van der Waals surface area (Å²) in [4.78, 5) is 27.6. The molecular weight excluding hydrogens is 422 g/mol. The number of hydrogen-bond acceptors (Lipinski definition) is 3. The molecule has 1 aliphatic heterocycles. The smallest absolute Gasteiger partial charge is 0.227 e. The Balaban J connectivity index is 0.00000289. The van der Waals surface area contributed by atoms with Gasteiger partial charge in [-0.05, 0) is 48.6 Å². The molecule has 3 aromatic rings. The Hall–Kier alpha value is -3.44. The van der Waals surface area contributed by atoms with Crippen LogP contribution >= 0.6 is 12.4 Å². The number of amides is 1. The van der Waals surface area contributed by atoms with Crippen LogP contribution in [0.5, 0.6) is 0 Å². The van der Waals surface area contributed by atoms with E-state index in [9.17, 15) is 9.59 Å². The molecule has 0 atom stereocenters. The topological polar surface area (TPSA) is 87.2 Å². The molecule has 0 fully saturated rings. The Kier molecular flexibility index (Phi) is 7.44. The van der Waals surface area contributed by atoms with Crippen molar-refractivity contribution < 1.29 is 9.59 Å². The van der Waals surface area contributed by atoms with Gasteiger partial charge < -0.3 is 10.6 Å². The second kappa shape index (κ2) is 10.2. The molecule has 1 amide bonds. The van der Waals surface area contributed by atoms with E-state index in [1.54, 1.807) is 0 Å². The van der Waals surface area contributed by atoms with Crippen molar-refractivity contribution in [2.75, 3.05) is 11.4 Å². The lowest BCUT2D eigenvalue weighted by Crippen LogP contribution is -2.35. The van der Waals surface area contributed by atoms with Gasteiger partial charge in [0.1, 0.15) is 5.84 Å². The van der Waals surface area contributed by atoms with Gasteiger partial charge >= 0.3 is 0 Å². The standard InChI is InChI=1S/C26H25N3O2.ClH/c27-26(28)20-11-8-18(9-12-20)10-15-24(30)29-16-4-7-21-17-22(13-14-23(21)29)25(31)19-5-2-1-3-6-19;/h1-3,5-6,8-9,11-14,17H,4,7,10,15-16H2,(H3,27,28);1H. The number of anilines is 1. The normalized spacial score (nSPS) is 12.4. The van der Waals surface area contributed by atoms with Crippen LogP contribution in [0.4, 0.5) is 5.69 Å². The van der Waals surface area contributed by atoms with Crippen molar-refractivity contribution in [1.29, 1.82) is 5.41 Å². The maximum Gasteiger partial charge on any atom is 0.227 e. The summed E-state index contributed by atoms with van der Waals surface area (Å²) in [6.07, 6.45) is 2.79. The summed E-state index contributed by atoms with van der Waals surface area (Å²) < 4.78 is 0. The molecule has 0 unspecified atom stereocenters. The molecule has 6 heteroatoms. The summed E-state index contributed by atoms with van der Waals surface area (Å²) in [5.74, 6) is 0.122. The van der Waals surface area contributed by atoms with Crippen LogP contribution in [-0.2, 0) is 17.6 Å². The molecule has 1 heterocycles. The Morgan fingerprint density at radius 1 is 0.906 bits per heavy atom. The fraction of sp³-hybridized carbons (Fsp3) is 0.192. The van der Waals surface area contributed by atoms with Crippen molar-refractivity contribution in [3.63, 3.8) is 0 Å². The first-order valence-corrected chi connectivity index (χ1v) is 10.5. The number of carbonyl (C=O) groups excluding carboxylic acids is 2. The highest BCUT2D eigenvalue weighted by atomic mass is 35.5. The van der Waals surface area contributed by atoms with Crippen molar-refractivity contribution in [1.82, 2.24) is 0 Å². The maximum atomic E-state index is 13.0. The van der Waals surface area contributed by atoms with Crippen molar-refractivity contribution in [3.8, 4) is 0 Å². The lowest BCUT2D eigenvalue weighted by atomic mass is 9.95. The number of aryl methyl sites for hydroxylation is 2. The van der Waals surface area contributed by atoms with E-state index in [-0.39, 0.29) is 29.9 Å². The van der Waals surface area contributed by atoms with Crippen molar-refractivity contribution in [3.05, 3.63) is 101 Å². The molecule has 0 saturated carbocycles. The Morgan fingerprint density at radius 2 is 1.59 bits per heavy atom. The van der Waals surface area contributed by atoms with Gasteiger partial charge in [-0.3, -0.25) is 15.0 Å². The van der Waals surface area contributed by atoms with E-state index in [4.69, 9.17) is 11.1 Å². The minimum Gasteiger partial charge on any atom is -0.384 e. The average molecular weight is 448 g/mol. The largest absolute Gasteiger partial charge is 0.384 e. The number of hydrogen-bond donors (Lipinski definition) is 2. The van der Waals surface area contributed by atoms with Gasteiger partial charge in [-0.25, -0.2) is 0 Å². The van der Waals surface area contributed by atoms with Gasteiger partial charge in [-0.15, -0.1) is 12.4 Å². The molecule has 164 valence electrons. The quantitative estimate of drug-likeness (QED) is 0.330. The van der Waals surface area contributed by atoms with Crippen LogP contribution in [0.15, 0.2) is 72.8 Å². The van der Waals surface area contributed by atoms with Gasteiger partial charge in [0.25, 0.3) is 0 Å². The van der Waals surface area contributed by atoms with Gasteiger partial charge in [-0.1, -0.05) is 54.6 Å². The third kappa shape index (κ3) is 5.06. The summed E-state index contributed by atoms with van der Waals surface area (Å²) >= 11 is 0. The molecule has 0 aromatic heterocycles. The number of carbonyl (C=O) groups is 2. The highest BCUT2D eigenvalue weighted by Gasteiger charge is 2.23. The number of nitrogens with one attached hydrogen (secondary N) is 1. The highest BCUT2D eigenvalue weighted by molar-refractivity contribution is 6.09. The van der Waals surface area contributed by atoms with Crippen LogP contribution in [0, 0.1) is 5.41 Å². The number of nitrogen functional groups attached to an aromatic ring is 1. The maximum absolute atomic E-state index is 13.0. The zero-order valence-corrected chi connectivity index (χ0v) is 18.5. The van der Waals surface area contributed by atoms with Gasteiger partial charge in [0.05, 0.1) is 0 Å². The summed E-state index contributed by atoms with van der Waals surface area (Å²) in [7, 11) is 0. The van der Waals surface area contributed by atoms with Crippen LogP contribution in [0.3, 0.4) is 0 Å². The number of benzene rings is 3. The molecule has 0 radical (unpaired) electrons. The van der Waals surface area contributed by atoms with E-state index in [0.29, 0.717) is 36.1 Å². The highest BCUT2D eigenvalue weighted by Crippen LogP contribution is 2.29. The molecule has 3 aromatic carbocycles. The first kappa shape index (κ1) is 23.2. The first-order valence-electron chi connectivity index (χ1n) is 10.5. The van der Waals surface area contributed by atoms with Gasteiger partial charge in [-0.2, -0.15) is 0 Å². The molecule has 1 aliphatic rings. The Labute approximate surface area is 194 Å². The first-order chi connectivity index (χ1) is 15.0. The summed E-state index contributed by atoms with van der Waals surface area (Å²) in [6, 6.07) is 22.4. The van der Waals surface area contributed by atoms with E-state index in [2.05, 4.69) is 0 Å². The zero-order chi connectivity index (χ0) is 21.8. The van der Waals surface area contributed by atoms with Crippen LogP contribution in [0.1, 0.15) is 45.5 Å². The number of rotatable bonds is 6. The minimum atomic E-state index is 0. The summed E-state index contributed by atoms with van der Waals surface area (Å²) in [5.41, 5.74) is 10.5. The lowest BCUT2D eigenvalue weighted by Gasteiger charge is -2.30. The van der Waals surface area contributed by atoms with E-state index in [1.165, 1.54) is 0 Å². The van der Waals surface area contributed by atoms with Crippen molar-refractivity contribution >= 4 is 35.6 Å². The molecule has 4 rings (SSSR count). The molecule has 0 aliphatic carbocycles. The molecule has 3 N–H and O–H groups in total. The van der Waals surface area contributed by atoms with E-state index < -0.39 is 0 Å². The lowest BCUT2D eigenvalue weighted by molar-refractivity contribution is -0.118. The van der Waals surface area contributed by atoms with Gasteiger partial charge in [0, 0.05) is 35.3 Å². The third-order valence-corrected chi connectivity index (χ3v) is 5.69. The fourth-order valence-electron chi connectivity index (χ4n) is 3.99. The SMILES string of the molecule is Cl.N=C(N)c1ccc(CCC(=O)N2CCCc3cc(C(=O)c4ccccc4)ccc32)cc1. The van der Waals surface area contributed by atoms with E-state index >= 15 is 0 Å². The van der Waals surface area contributed by atoms with E-state index in [1.807, 2.05) is 77.7 Å². The number of ketones is 1. The van der Waals surface area contributed by atoms with Crippen LogP contribution in [0.25, 0.3) is 0 Å².